The van der Waals surface area contributed by atoms with Crippen molar-refractivity contribution in [1.82, 2.24) is 0 Å². The Kier molecular flexibility index (Phi) is 22.7. The molecule has 3 unspecified atom stereocenters. The molecule has 0 bridgehead atoms. The van der Waals surface area contributed by atoms with Crippen LogP contribution in [-0.4, -0.2) is 0 Å². The van der Waals surface area contributed by atoms with E-state index in [-0.39, 0.29) is 29.6 Å². The highest BCUT2D eigenvalue weighted by atomic mass is 14.3. The fourth-order valence-electron chi connectivity index (χ4n) is 19.0. The van der Waals surface area contributed by atoms with Gasteiger partial charge in [0.1, 0.15) is 0 Å². The zero-order valence-electron chi connectivity index (χ0n) is 69.6. The Morgan fingerprint density at radius 3 is 0.432 bits per heavy atom. The van der Waals surface area contributed by atoms with Crippen molar-refractivity contribution in [1.29, 1.82) is 0 Å². The van der Waals surface area contributed by atoms with Gasteiger partial charge in [0.15, 0.2) is 0 Å². The van der Waals surface area contributed by atoms with E-state index in [1.165, 1.54) is 183 Å². The third-order valence-electron chi connectivity index (χ3n) is 25.3. The van der Waals surface area contributed by atoms with E-state index in [1.54, 1.807) is 0 Å². The molecule has 0 aliphatic rings. The van der Waals surface area contributed by atoms with Gasteiger partial charge in [0.2, 0.25) is 0 Å². The highest BCUT2D eigenvalue weighted by Gasteiger charge is 2.25. The van der Waals surface area contributed by atoms with Crippen LogP contribution in [0.3, 0.4) is 0 Å². The maximum absolute atomic E-state index is 2.32. The molecular formula is C125H92. The Labute approximate surface area is 734 Å². The summed E-state index contributed by atoms with van der Waals surface area (Å²) in [6.45, 7) is 0. The molecule has 3 atom stereocenters. The molecule has 0 aliphatic heterocycles. The Morgan fingerprint density at radius 1 is 0.0880 bits per heavy atom. The summed E-state index contributed by atoms with van der Waals surface area (Å²) in [4.78, 5) is 0. The lowest BCUT2D eigenvalue weighted by Crippen LogP contribution is -2.04. The van der Waals surface area contributed by atoms with Crippen LogP contribution < -0.4 is 0 Å². The predicted octanol–water partition coefficient (Wildman–Crippen LogP) is 32.7. The van der Waals surface area contributed by atoms with E-state index < -0.39 is 0 Å². The lowest BCUT2D eigenvalue weighted by Gasteiger charge is -2.22. The first-order valence-corrected chi connectivity index (χ1v) is 43.7. The first-order chi connectivity index (χ1) is 62.0. The van der Waals surface area contributed by atoms with Gasteiger partial charge in [-0.3, -0.25) is 0 Å². The minimum atomic E-state index is 0.0983. The van der Waals surface area contributed by atoms with Crippen LogP contribution in [0.4, 0.5) is 0 Å². The SMILES string of the molecule is c1ccc(-c2ccc(C(c3ccc(-c4ccccc4)cc3)c3ccc(-c4ccc(-c5ccc(C(c6ccccc6)c6cccc7ccccc67)cc5)cc4)cc3)cc2)cc1.c1ccc(C(c2ccc(-c3ccc(C(c4ccccc4)c4cccc5ccccc45)cc3)cc2)c2ccc(-c3ccc(C(c4ccccc4)c4cccc5ccccc45)cc3)cc2)cc1. The number of fused-ring (bicyclic) bond motifs is 3. The third-order valence-corrected chi connectivity index (χ3v) is 25.3. The molecule has 21 aromatic rings. The Morgan fingerprint density at radius 2 is 0.224 bits per heavy atom. The molecule has 0 aromatic heterocycles. The molecule has 0 heterocycles. The molecule has 21 aromatic carbocycles. The van der Waals surface area contributed by atoms with Crippen molar-refractivity contribution in [2.24, 2.45) is 0 Å². The number of hydrogen-bond donors (Lipinski definition) is 0. The summed E-state index contributed by atoms with van der Waals surface area (Å²) in [7, 11) is 0. The fraction of sp³-hybridized carbons (Fsp3) is 0.0400. The standard InChI is InChI=1S/C65H48.C60H44/c1-4-18-52(19-5-1)63(55-38-30-46(31-39-55)48-34-42-57(43-35-48)64(53-20-6-2-7-21-53)61-28-14-24-50-16-10-12-26-59(50)61)56-40-32-47(33-41-56)49-36-44-58(45-37-49)65(54-22-8-3-9-23-54)62-29-15-25-51-17-11-13-27-60(51)62;1-4-13-43(14-5-1)45-27-35-53(36-28-45)59(54-37-29-46(30-38-54)44-15-6-2-7-16-44)55-39-31-49(32-40-55)47-23-25-48(26-24-47)50-33-41-56(42-34-50)60(52-18-8-3-9-19-52)58-22-12-20-51-17-10-11-21-57(51)58/h1-45,63-65H;1-42,59-60H. The number of benzene rings is 21. The van der Waals surface area contributed by atoms with Gasteiger partial charge in [-0.1, -0.05) is 528 Å². The largest absolute Gasteiger partial charge is 0.0622 e. The maximum atomic E-state index is 2.32. The van der Waals surface area contributed by atoms with Gasteiger partial charge >= 0.3 is 0 Å². The molecule has 0 nitrogen and oxygen atoms in total. The Bertz CT molecular complexity index is 6830. The van der Waals surface area contributed by atoms with Crippen molar-refractivity contribution in [2.45, 2.75) is 29.6 Å². The molecule has 125 heavy (non-hydrogen) atoms. The van der Waals surface area contributed by atoms with Crippen LogP contribution >= 0.6 is 0 Å². The summed E-state index contributed by atoms with van der Waals surface area (Å²) in [5, 5.41) is 7.69. The zero-order chi connectivity index (χ0) is 83.5. The molecule has 592 valence electrons. The molecule has 0 saturated carbocycles. The molecule has 0 N–H and O–H groups in total. The van der Waals surface area contributed by atoms with Gasteiger partial charge in [-0.05, 0) is 183 Å². The van der Waals surface area contributed by atoms with Crippen molar-refractivity contribution < 1.29 is 0 Å². The number of hydrogen-bond acceptors (Lipinski definition) is 0. The van der Waals surface area contributed by atoms with Gasteiger partial charge in [-0.25, -0.2) is 0 Å². The average Bonchev–Trinajstić information content (AvgIpc) is 0.823. The van der Waals surface area contributed by atoms with Crippen molar-refractivity contribution >= 4 is 32.3 Å². The zero-order valence-corrected chi connectivity index (χ0v) is 69.6. The minimum absolute atomic E-state index is 0.0983. The normalized spacial score (nSPS) is 12.3. The molecule has 0 radical (unpaired) electrons. The van der Waals surface area contributed by atoms with Crippen LogP contribution in [0.15, 0.2) is 528 Å². The van der Waals surface area contributed by atoms with Crippen LogP contribution in [0.1, 0.15) is 113 Å². The maximum Gasteiger partial charge on any atom is 0.0346 e. The monoisotopic (exact) mass is 1590 g/mol. The van der Waals surface area contributed by atoms with Crippen molar-refractivity contribution in [3.05, 3.63) is 611 Å². The van der Waals surface area contributed by atoms with Gasteiger partial charge in [0.05, 0.1) is 0 Å². The van der Waals surface area contributed by atoms with Crippen molar-refractivity contribution in [3.63, 3.8) is 0 Å². The van der Waals surface area contributed by atoms with Crippen molar-refractivity contribution in [2.75, 3.05) is 0 Å². The second-order valence-corrected chi connectivity index (χ2v) is 32.8. The first-order valence-electron chi connectivity index (χ1n) is 43.7. The molecule has 0 heteroatoms. The lowest BCUT2D eigenvalue weighted by molar-refractivity contribution is 0.977. The van der Waals surface area contributed by atoms with Gasteiger partial charge in [-0.15, -0.1) is 0 Å². The summed E-state index contributed by atoms with van der Waals surface area (Å²) in [5.41, 5.74) is 34.0. The molecule has 0 saturated heterocycles. The summed E-state index contributed by atoms with van der Waals surface area (Å²) in [6.07, 6.45) is 0. The summed E-state index contributed by atoms with van der Waals surface area (Å²) < 4.78 is 0. The first kappa shape index (κ1) is 78.0. The Hall–Kier alpha value is -15.6. The molecule has 0 spiro atoms. The second-order valence-electron chi connectivity index (χ2n) is 32.8. The molecular weight excluding hydrogens is 1500 g/mol. The topological polar surface area (TPSA) is 0 Å². The van der Waals surface area contributed by atoms with E-state index in [9.17, 15) is 0 Å². The molecule has 0 fully saturated rings. The lowest BCUT2D eigenvalue weighted by atomic mass is 9.82. The molecule has 0 aliphatic carbocycles. The van der Waals surface area contributed by atoms with E-state index in [0.29, 0.717) is 0 Å². The van der Waals surface area contributed by atoms with Gasteiger partial charge in [0.25, 0.3) is 0 Å². The van der Waals surface area contributed by atoms with Gasteiger partial charge in [-0.2, -0.15) is 0 Å². The van der Waals surface area contributed by atoms with Crippen LogP contribution in [-0.2, 0) is 0 Å². The van der Waals surface area contributed by atoms with E-state index in [0.717, 1.165) is 0 Å². The molecule has 0 amide bonds. The van der Waals surface area contributed by atoms with Crippen LogP contribution in [0.25, 0.3) is 99.1 Å². The number of rotatable bonds is 21. The summed E-state index contributed by atoms with van der Waals surface area (Å²) >= 11 is 0. The molecule has 21 rings (SSSR count). The smallest absolute Gasteiger partial charge is 0.0346 e. The second kappa shape index (κ2) is 36.4. The highest BCUT2D eigenvalue weighted by molar-refractivity contribution is 5.90. The third kappa shape index (κ3) is 16.9. The summed E-state index contributed by atoms with van der Waals surface area (Å²) in [5.74, 6) is 0.594. The minimum Gasteiger partial charge on any atom is -0.0622 e. The van der Waals surface area contributed by atoms with Crippen LogP contribution in [0.2, 0.25) is 0 Å². The summed E-state index contributed by atoms with van der Waals surface area (Å²) in [6, 6.07) is 193. The fourth-order valence-corrected chi connectivity index (χ4v) is 19.0. The highest BCUT2D eigenvalue weighted by Crippen LogP contribution is 2.44. The quantitative estimate of drug-likeness (QED) is 0.0629. The van der Waals surface area contributed by atoms with Crippen LogP contribution in [0.5, 0.6) is 0 Å². The average molecular weight is 1590 g/mol. The van der Waals surface area contributed by atoms with E-state index in [4.69, 9.17) is 0 Å². The van der Waals surface area contributed by atoms with Crippen molar-refractivity contribution in [3.8, 4) is 66.8 Å². The van der Waals surface area contributed by atoms with E-state index in [1.807, 2.05) is 0 Å². The van der Waals surface area contributed by atoms with Gasteiger partial charge < -0.3 is 0 Å². The van der Waals surface area contributed by atoms with Gasteiger partial charge in [0, 0.05) is 29.6 Å². The Balaban J connectivity index is 0.000000159. The van der Waals surface area contributed by atoms with E-state index in [2.05, 4.69) is 528 Å². The van der Waals surface area contributed by atoms with E-state index >= 15 is 0 Å². The van der Waals surface area contributed by atoms with Crippen LogP contribution in [0, 0.1) is 0 Å². The predicted molar refractivity (Wildman–Crippen MR) is 527 cm³/mol.